The fraction of sp³-hybridized carbons (Fsp3) is 0.0556. The van der Waals surface area contributed by atoms with Gasteiger partial charge in [0.05, 0.1) is 3.79 Å². The predicted molar refractivity (Wildman–Crippen MR) is 113 cm³/mol. The fourth-order valence-corrected chi connectivity index (χ4v) is 5.53. The number of halogens is 1. The molecule has 0 aliphatic rings. The van der Waals surface area contributed by atoms with Crippen molar-refractivity contribution in [1.82, 2.24) is 19.7 Å². The summed E-state index contributed by atoms with van der Waals surface area (Å²) in [6.07, 6.45) is 3.44. The molecule has 0 fully saturated rings. The van der Waals surface area contributed by atoms with Gasteiger partial charge in [-0.3, -0.25) is 4.72 Å². The zero-order valence-electron chi connectivity index (χ0n) is 15.0. The van der Waals surface area contributed by atoms with Gasteiger partial charge in [-0.25, -0.2) is 18.1 Å². The Morgan fingerprint density at radius 1 is 1.14 bits per heavy atom. The van der Waals surface area contributed by atoms with Crippen LogP contribution in [0, 0.1) is 6.92 Å². The number of hydrogen-bond acceptors (Lipinski definition) is 7. The molecule has 29 heavy (non-hydrogen) atoms. The lowest BCUT2D eigenvalue weighted by atomic mass is 10.3. The third-order valence-corrected chi connectivity index (χ3v) is 7.18. The Morgan fingerprint density at radius 3 is 2.59 bits per heavy atom. The van der Waals surface area contributed by atoms with Crippen LogP contribution in [0.25, 0.3) is 5.82 Å². The number of thiophene rings is 1. The normalized spacial score (nSPS) is 11.4. The average molecular weight is 492 g/mol. The molecule has 0 aliphatic heterocycles. The van der Waals surface area contributed by atoms with Crippen LogP contribution in [0.4, 0.5) is 5.69 Å². The van der Waals surface area contributed by atoms with Crippen molar-refractivity contribution in [2.45, 2.75) is 11.1 Å². The summed E-state index contributed by atoms with van der Waals surface area (Å²) >= 11 is 4.41. The molecule has 0 saturated carbocycles. The molecular weight excluding hydrogens is 478 g/mol. The first-order chi connectivity index (χ1) is 13.9. The smallest absolute Gasteiger partial charge is 0.271 e. The molecule has 3 heterocycles. The summed E-state index contributed by atoms with van der Waals surface area (Å²) in [4.78, 5) is 8.61. The van der Waals surface area contributed by atoms with Crippen molar-refractivity contribution in [3.05, 3.63) is 70.5 Å². The lowest BCUT2D eigenvalue weighted by Crippen LogP contribution is -2.11. The molecule has 0 bridgehead atoms. The van der Waals surface area contributed by atoms with E-state index in [9.17, 15) is 8.42 Å². The number of nitrogens with zero attached hydrogens (tertiary/aromatic N) is 4. The van der Waals surface area contributed by atoms with Gasteiger partial charge < -0.3 is 4.74 Å². The van der Waals surface area contributed by atoms with Gasteiger partial charge >= 0.3 is 0 Å². The summed E-state index contributed by atoms with van der Waals surface area (Å²) < 4.78 is 35.7. The Morgan fingerprint density at radius 2 is 1.93 bits per heavy atom. The Balaban J connectivity index is 1.50. The third kappa shape index (κ3) is 4.63. The monoisotopic (exact) mass is 491 g/mol. The first kappa shape index (κ1) is 19.6. The second kappa shape index (κ2) is 7.93. The van der Waals surface area contributed by atoms with Crippen molar-refractivity contribution >= 4 is 43.0 Å². The van der Waals surface area contributed by atoms with E-state index < -0.39 is 10.0 Å². The first-order valence-corrected chi connectivity index (χ1v) is 11.4. The van der Waals surface area contributed by atoms with E-state index in [-0.39, 0.29) is 4.21 Å². The third-order valence-electron chi connectivity index (χ3n) is 3.68. The maximum Gasteiger partial charge on any atom is 0.271 e. The van der Waals surface area contributed by atoms with E-state index in [1.54, 1.807) is 72.5 Å². The summed E-state index contributed by atoms with van der Waals surface area (Å²) in [5.74, 6) is 2.00. The predicted octanol–water partition coefficient (Wildman–Crippen LogP) is 4.39. The lowest BCUT2D eigenvalue weighted by molar-refractivity contribution is 0.459. The van der Waals surface area contributed by atoms with Crippen molar-refractivity contribution in [3.8, 4) is 17.4 Å². The first-order valence-electron chi connectivity index (χ1n) is 8.31. The van der Waals surface area contributed by atoms with Crippen LogP contribution in [0.2, 0.25) is 0 Å². The van der Waals surface area contributed by atoms with E-state index in [1.165, 1.54) is 0 Å². The van der Waals surface area contributed by atoms with Crippen molar-refractivity contribution in [2.24, 2.45) is 0 Å². The van der Waals surface area contributed by atoms with Crippen LogP contribution >= 0.6 is 27.3 Å². The molecule has 3 aromatic heterocycles. The number of aromatic nitrogens is 4. The van der Waals surface area contributed by atoms with E-state index >= 15 is 0 Å². The van der Waals surface area contributed by atoms with Gasteiger partial charge in [-0.1, -0.05) is 0 Å². The molecule has 11 heteroatoms. The highest BCUT2D eigenvalue weighted by Gasteiger charge is 2.16. The number of sulfonamides is 1. The molecule has 1 N–H and O–H groups in total. The minimum atomic E-state index is -3.63. The zero-order valence-corrected chi connectivity index (χ0v) is 18.2. The maximum atomic E-state index is 12.4. The van der Waals surface area contributed by atoms with Crippen molar-refractivity contribution in [3.63, 3.8) is 0 Å². The molecular formula is C18H14BrN5O3S2. The van der Waals surface area contributed by atoms with Crippen LogP contribution in [-0.4, -0.2) is 28.2 Å². The topological polar surface area (TPSA) is 99.0 Å². The summed E-state index contributed by atoms with van der Waals surface area (Å²) in [5.41, 5.74) is 0.429. The Kier molecular flexibility index (Phi) is 5.35. The molecule has 0 aliphatic carbocycles. The van der Waals surface area contributed by atoms with E-state index in [2.05, 4.69) is 35.7 Å². The number of nitrogens with one attached hydrogen (secondary N) is 1. The van der Waals surface area contributed by atoms with Gasteiger partial charge in [-0.05, 0) is 65.3 Å². The Bertz CT molecular complexity index is 1240. The fourth-order valence-electron chi connectivity index (χ4n) is 2.46. The second-order valence-corrected chi connectivity index (χ2v) is 10.2. The van der Waals surface area contributed by atoms with Gasteiger partial charge in [0, 0.05) is 24.1 Å². The minimum Gasteiger partial charge on any atom is -0.439 e. The highest BCUT2D eigenvalue weighted by molar-refractivity contribution is 9.11. The molecule has 8 nitrogen and oxygen atoms in total. The molecule has 0 spiro atoms. The van der Waals surface area contributed by atoms with E-state index in [1.807, 2.05) is 0 Å². The molecule has 4 rings (SSSR count). The summed E-state index contributed by atoms with van der Waals surface area (Å²) in [5, 5.41) is 4.15. The van der Waals surface area contributed by atoms with Gasteiger partial charge in [0.25, 0.3) is 10.0 Å². The average Bonchev–Trinajstić information content (AvgIpc) is 3.35. The molecule has 0 amide bonds. The Hall–Kier alpha value is -2.76. The quantitative estimate of drug-likeness (QED) is 0.429. The van der Waals surface area contributed by atoms with Crippen LogP contribution in [-0.2, 0) is 10.0 Å². The second-order valence-electron chi connectivity index (χ2n) is 5.85. The van der Waals surface area contributed by atoms with Crippen LogP contribution in [0.1, 0.15) is 5.82 Å². The van der Waals surface area contributed by atoms with Crippen molar-refractivity contribution in [1.29, 1.82) is 0 Å². The number of benzene rings is 1. The van der Waals surface area contributed by atoms with Crippen molar-refractivity contribution < 1.29 is 13.2 Å². The van der Waals surface area contributed by atoms with Gasteiger partial charge in [-0.15, -0.1) is 11.3 Å². The summed E-state index contributed by atoms with van der Waals surface area (Å²) in [6.45, 7) is 1.76. The summed E-state index contributed by atoms with van der Waals surface area (Å²) in [6, 6.07) is 13.3. The highest BCUT2D eigenvalue weighted by Crippen LogP contribution is 2.28. The maximum absolute atomic E-state index is 12.4. The molecule has 0 saturated heterocycles. The SMILES string of the molecule is Cc1nc(Oc2ccc(NS(=O)(=O)c3ccc(Br)s3)cc2)cc(-n2cccn2)n1. The van der Waals surface area contributed by atoms with E-state index in [0.29, 0.717) is 29.0 Å². The molecule has 148 valence electrons. The van der Waals surface area contributed by atoms with Gasteiger partial charge in [0.1, 0.15) is 15.8 Å². The number of ether oxygens (including phenoxy) is 1. The molecule has 0 unspecified atom stereocenters. The van der Waals surface area contributed by atoms with Gasteiger partial charge in [-0.2, -0.15) is 10.1 Å². The van der Waals surface area contributed by atoms with Crippen LogP contribution in [0.5, 0.6) is 11.6 Å². The van der Waals surface area contributed by atoms with E-state index in [0.717, 1.165) is 15.1 Å². The number of aryl methyl sites for hydroxylation is 1. The molecule has 4 aromatic rings. The zero-order chi connectivity index (χ0) is 20.4. The number of hydrogen-bond donors (Lipinski definition) is 1. The Labute approximate surface area is 179 Å². The number of anilines is 1. The van der Waals surface area contributed by atoms with Gasteiger partial charge in [0.15, 0.2) is 5.82 Å². The van der Waals surface area contributed by atoms with Crippen LogP contribution in [0.3, 0.4) is 0 Å². The van der Waals surface area contributed by atoms with Crippen LogP contribution in [0.15, 0.2) is 68.9 Å². The number of rotatable bonds is 6. The largest absolute Gasteiger partial charge is 0.439 e. The molecule has 0 radical (unpaired) electrons. The lowest BCUT2D eigenvalue weighted by Gasteiger charge is -2.09. The standard InChI is InChI=1S/C18H14BrN5O3S2/c1-12-21-16(24-10-2-9-20-24)11-17(22-12)27-14-5-3-13(4-6-14)23-29(25,26)18-8-7-15(19)28-18/h2-11,23H,1H3. The highest BCUT2D eigenvalue weighted by atomic mass is 79.9. The van der Waals surface area contributed by atoms with Gasteiger partial charge in [0.2, 0.25) is 5.88 Å². The summed E-state index contributed by atoms with van der Waals surface area (Å²) in [7, 11) is -3.63. The van der Waals surface area contributed by atoms with Crippen molar-refractivity contribution in [2.75, 3.05) is 4.72 Å². The molecule has 0 atom stereocenters. The van der Waals surface area contributed by atoms with E-state index in [4.69, 9.17) is 4.74 Å². The molecule has 1 aromatic carbocycles. The van der Waals surface area contributed by atoms with Crippen LogP contribution < -0.4 is 9.46 Å². The minimum absolute atomic E-state index is 0.229.